The molecule has 3 rings (SSSR count). The molecule has 0 aromatic carbocycles. The van der Waals surface area contributed by atoms with Crippen LogP contribution in [0.3, 0.4) is 0 Å². The molecule has 1 saturated carbocycles. The molecule has 1 aliphatic rings. The van der Waals surface area contributed by atoms with Crippen molar-refractivity contribution in [2.75, 3.05) is 5.75 Å². The number of nitrogens with zero attached hydrogens (tertiary/aromatic N) is 3. The van der Waals surface area contributed by atoms with Gasteiger partial charge < -0.3 is 15.5 Å². The maximum absolute atomic E-state index is 12.4. The average molecular weight is 391 g/mol. The predicted molar refractivity (Wildman–Crippen MR) is 102 cm³/mol. The Labute approximate surface area is 162 Å². The summed E-state index contributed by atoms with van der Waals surface area (Å²) in [5, 5.41) is 12.0. The van der Waals surface area contributed by atoms with Gasteiger partial charge in [-0.2, -0.15) is 0 Å². The van der Waals surface area contributed by atoms with Crippen LogP contribution in [0, 0.1) is 5.92 Å². The number of nitrogens with two attached hydrogens (primary N) is 1. The summed E-state index contributed by atoms with van der Waals surface area (Å²) in [6.45, 7) is 2.52. The van der Waals surface area contributed by atoms with Crippen molar-refractivity contribution in [1.82, 2.24) is 20.1 Å². The van der Waals surface area contributed by atoms with E-state index in [9.17, 15) is 9.59 Å². The van der Waals surface area contributed by atoms with Crippen LogP contribution in [0.4, 0.5) is 0 Å². The summed E-state index contributed by atoms with van der Waals surface area (Å²) in [6.07, 6.45) is 6.30. The molecule has 9 heteroatoms. The highest BCUT2D eigenvalue weighted by atomic mass is 32.2. The monoisotopic (exact) mass is 391 g/mol. The average Bonchev–Trinajstić information content (AvgIpc) is 3.29. The Morgan fingerprint density at radius 3 is 2.89 bits per heavy atom. The first kappa shape index (κ1) is 19.5. The van der Waals surface area contributed by atoms with Crippen LogP contribution in [0.25, 0.3) is 11.6 Å². The van der Waals surface area contributed by atoms with E-state index in [1.165, 1.54) is 18.2 Å². The van der Waals surface area contributed by atoms with Gasteiger partial charge in [0.15, 0.2) is 16.7 Å². The van der Waals surface area contributed by atoms with E-state index in [-0.39, 0.29) is 24.1 Å². The predicted octanol–water partition coefficient (Wildman–Crippen LogP) is 2.20. The van der Waals surface area contributed by atoms with E-state index in [1.54, 1.807) is 23.0 Å². The maximum atomic E-state index is 12.4. The Morgan fingerprint density at radius 2 is 2.19 bits per heavy atom. The highest BCUT2D eigenvalue weighted by molar-refractivity contribution is 7.99. The molecule has 3 N–H and O–H groups in total. The molecular formula is C18H25N5O3S. The molecule has 27 heavy (non-hydrogen) atoms. The summed E-state index contributed by atoms with van der Waals surface area (Å²) in [7, 11) is 0. The Bertz CT molecular complexity index is 774. The minimum Gasteiger partial charge on any atom is -0.461 e. The van der Waals surface area contributed by atoms with Gasteiger partial charge in [0.05, 0.1) is 12.0 Å². The number of aromatic nitrogens is 3. The van der Waals surface area contributed by atoms with E-state index >= 15 is 0 Å². The number of hydrogen-bond donors (Lipinski definition) is 2. The van der Waals surface area contributed by atoms with Crippen molar-refractivity contribution >= 4 is 23.6 Å². The SMILES string of the molecule is C[C@H]1CCCC[C@@H]1NC(=O)CSc1nnc(-c2ccco2)n1CCC(N)=O. The molecule has 0 aliphatic heterocycles. The Balaban J connectivity index is 1.65. The van der Waals surface area contributed by atoms with Gasteiger partial charge in [-0.15, -0.1) is 10.2 Å². The molecule has 1 aliphatic carbocycles. The number of amides is 2. The lowest BCUT2D eigenvalue weighted by atomic mass is 9.86. The molecule has 0 saturated heterocycles. The third-order valence-electron chi connectivity index (χ3n) is 4.83. The van der Waals surface area contributed by atoms with Crippen LogP contribution in [0.15, 0.2) is 28.0 Å². The van der Waals surface area contributed by atoms with Crippen LogP contribution in [0.1, 0.15) is 39.0 Å². The van der Waals surface area contributed by atoms with E-state index in [0.29, 0.717) is 29.2 Å². The standard InChI is InChI=1S/C18H25N5O3S/c1-12-5-2-3-6-13(12)20-16(25)11-27-18-22-21-17(14-7-4-10-26-14)23(18)9-8-15(19)24/h4,7,10,12-13H,2-3,5-6,8-9,11H2,1H3,(H2,19,24)(H,20,25)/t12-,13-/m0/s1. The van der Waals surface area contributed by atoms with Crippen LogP contribution in [-0.2, 0) is 16.1 Å². The highest BCUT2D eigenvalue weighted by Crippen LogP contribution is 2.26. The molecule has 0 radical (unpaired) electrons. The van der Waals surface area contributed by atoms with Gasteiger partial charge >= 0.3 is 0 Å². The van der Waals surface area contributed by atoms with Crippen LogP contribution < -0.4 is 11.1 Å². The first-order valence-corrected chi connectivity index (χ1v) is 10.2. The molecule has 146 valence electrons. The molecular weight excluding hydrogens is 366 g/mol. The van der Waals surface area contributed by atoms with Crippen molar-refractivity contribution in [2.45, 2.75) is 56.8 Å². The first-order chi connectivity index (χ1) is 13.0. The zero-order chi connectivity index (χ0) is 19.2. The Morgan fingerprint density at radius 1 is 1.37 bits per heavy atom. The number of nitrogens with one attached hydrogen (secondary N) is 1. The van der Waals surface area contributed by atoms with Crippen LogP contribution in [0.5, 0.6) is 0 Å². The zero-order valence-corrected chi connectivity index (χ0v) is 16.2. The molecule has 0 unspecified atom stereocenters. The van der Waals surface area contributed by atoms with Gasteiger partial charge in [-0.25, -0.2) is 0 Å². The lowest BCUT2D eigenvalue weighted by Gasteiger charge is -2.29. The third-order valence-corrected chi connectivity index (χ3v) is 5.80. The fourth-order valence-electron chi connectivity index (χ4n) is 3.32. The molecule has 0 bridgehead atoms. The van der Waals surface area contributed by atoms with Crippen molar-refractivity contribution in [1.29, 1.82) is 0 Å². The highest BCUT2D eigenvalue weighted by Gasteiger charge is 2.23. The number of primary amides is 1. The Kier molecular flexibility index (Phi) is 6.54. The van der Waals surface area contributed by atoms with Crippen molar-refractivity contribution in [3.63, 3.8) is 0 Å². The molecule has 8 nitrogen and oxygen atoms in total. The van der Waals surface area contributed by atoms with Gasteiger partial charge in [0, 0.05) is 19.0 Å². The second-order valence-corrected chi connectivity index (χ2v) is 7.82. The summed E-state index contributed by atoms with van der Waals surface area (Å²) in [5.41, 5.74) is 5.28. The molecule has 1 fully saturated rings. The van der Waals surface area contributed by atoms with Crippen molar-refractivity contribution in [2.24, 2.45) is 11.7 Å². The van der Waals surface area contributed by atoms with Crippen molar-refractivity contribution in [3.05, 3.63) is 18.4 Å². The van der Waals surface area contributed by atoms with E-state index in [1.807, 2.05) is 0 Å². The smallest absolute Gasteiger partial charge is 0.230 e. The van der Waals surface area contributed by atoms with E-state index in [2.05, 4.69) is 22.4 Å². The molecule has 2 aromatic heterocycles. The Hall–Kier alpha value is -2.29. The molecule has 2 atom stereocenters. The second kappa shape index (κ2) is 9.07. The van der Waals surface area contributed by atoms with Crippen LogP contribution in [-0.4, -0.2) is 38.4 Å². The fraction of sp³-hybridized carbons (Fsp3) is 0.556. The van der Waals surface area contributed by atoms with Gasteiger partial charge in [-0.1, -0.05) is 31.5 Å². The summed E-state index contributed by atoms with van der Waals surface area (Å²) in [4.78, 5) is 23.6. The zero-order valence-electron chi connectivity index (χ0n) is 15.4. The molecule has 2 amide bonds. The van der Waals surface area contributed by atoms with Gasteiger partial charge in [0.25, 0.3) is 0 Å². The lowest BCUT2D eigenvalue weighted by molar-refractivity contribution is -0.120. The molecule has 2 heterocycles. The van der Waals surface area contributed by atoms with Gasteiger partial charge in [0.2, 0.25) is 11.8 Å². The topological polar surface area (TPSA) is 116 Å². The normalized spacial score (nSPS) is 19.7. The lowest BCUT2D eigenvalue weighted by Crippen LogP contribution is -2.41. The van der Waals surface area contributed by atoms with Crippen LogP contribution in [0.2, 0.25) is 0 Å². The van der Waals surface area contributed by atoms with Gasteiger partial charge in [-0.3, -0.25) is 14.2 Å². The number of carbonyl (C=O) groups is 2. The first-order valence-electron chi connectivity index (χ1n) is 9.22. The van der Waals surface area contributed by atoms with Gasteiger partial charge in [-0.05, 0) is 30.9 Å². The van der Waals surface area contributed by atoms with E-state index < -0.39 is 5.91 Å². The third kappa shape index (κ3) is 5.12. The summed E-state index contributed by atoms with van der Waals surface area (Å²) >= 11 is 1.30. The molecule has 2 aromatic rings. The molecule has 0 spiro atoms. The minimum absolute atomic E-state index is 0.0113. The van der Waals surface area contributed by atoms with Crippen molar-refractivity contribution < 1.29 is 14.0 Å². The van der Waals surface area contributed by atoms with Crippen LogP contribution >= 0.6 is 11.8 Å². The summed E-state index contributed by atoms with van der Waals surface area (Å²) in [5.74, 6) is 1.41. The number of hydrogen-bond acceptors (Lipinski definition) is 6. The number of rotatable bonds is 8. The van der Waals surface area contributed by atoms with E-state index in [0.717, 1.165) is 19.3 Å². The van der Waals surface area contributed by atoms with Gasteiger partial charge in [0.1, 0.15) is 0 Å². The fourth-order valence-corrected chi connectivity index (χ4v) is 4.09. The number of carbonyl (C=O) groups excluding carboxylic acids is 2. The summed E-state index contributed by atoms with van der Waals surface area (Å²) in [6, 6.07) is 3.78. The number of thioether (sulfide) groups is 1. The largest absolute Gasteiger partial charge is 0.461 e. The van der Waals surface area contributed by atoms with Crippen molar-refractivity contribution in [3.8, 4) is 11.6 Å². The second-order valence-electron chi connectivity index (χ2n) is 6.88. The maximum Gasteiger partial charge on any atom is 0.230 e. The van der Waals surface area contributed by atoms with E-state index in [4.69, 9.17) is 10.2 Å². The quantitative estimate of drug-likeness (QED) is 0.667. The minimum atomic E-state index is -0.408. The number of furan rings is 1. The summed E-state index contributed by atoms with van der Waals surface area (Å²) < 4.78 is 7.16.